The lowest BCUT2D eigenvalue weighted by Crippen LogP contribution is -2.15. The smallest absolute Gasteiger partial charge is 0.184 e. The normalized spacial score (nSPS) is 10.8. The summed E-state index contributed by atoms with van der Waals surface area (Å²) in [4.78, 5) is 1.56. The molecule has 96 valence electrons. The van der Waals surface area contributed by atoms with Gasteiger partial charge in [-0.3, -0.25) is 5.41 Å². The molecule has 0 aliphatic heterocycles. The first-order valence-corrected chi connectivity index (χ1v) is 5.81. The van der Waals surface area contributed by atoms with E-state index < -0.39 is 0 Å². The fraction of sp³-hybridized carbons (Fsp3) is 0.154. The van der Waals surface area contributed by atoms with Crippen molar-refractivity contribution in [3.63, 3.8) is 0 Å². The van der Waals surface area contributed by atoms with E-state index in [1.54, 1.807) is 35.7 Å². The quantitative estimate of drug-likeness (QED) is 0.749. The molecule has 2 heterocycles. The molecule has 0 spiro atoms. The Labute approximate surface area is 109 Å². The molecule has 0 atom stereocenters. The van der Waals surface area contributed by atoms with E-state index in [2.05, 4.69) is 10.2 Å². The average molecular weight is 255 g/mol. The van der Waals surface area contributed by atoms with Crippen LogP contribution >= 0.6 is 0 Å². The van der Waals surface area contributed by atoms with Crippen molar-refractivity contribution < 1.29 is 4.74 Å². The van der Waals surface area contributed by atoms with E-state index >= 15 is 0 Å². The molecule has 0 aliphatic carbocycles. The summed E-state index contributed by atoms with van der Waals surface area (Å²) < 4.78 is 6.82. The van der Waals surface area contributed by atoms with E-state index in [1.807, 2.05) is 24.3 Å². The maximum absolute atomic E-state index is 7.74. The third-order valence-corrected chi connectivity index (χ3v) is 3.00. The summed E-state index contributed by atoms with van der Waals surface area (Å²) in [6, 6.07) is 11.0. The molecule has 0 bridgehead atoms. The van der Waals surface area contributed by atoms with Crippen LogP contribution < -0.4 is 10.2 Å². The highest BCUT2D eigenvalue weighted by atomic mass is 16.5. The van der Waals surface area contributed by atoms with Crippen molar-refractivity contribution in [3.05, 3.63) is 41.9 Å². The Bertz CT molecular complexity index is 785. The minimum atomic E-state index is 0.397. The Hall–Kier alpha value is -2.63. The Morgan fingerprint density at radius 2 is 1.79 bits per heavy atom. The van der Waals surface area contributed by atoms with Crippen molar-refractivity contribution in [1.29, 1.82) is 5.41 Å². The van der Waals surface area contributed by atoms with Gasteiger partial charge in [0.15, 0.2) is 5.65 Å². The molecule has 6 heteroatoms. The van der Waals surface area contributed by atoms with Crippen LogP contribution in [0.4, 0.5) is 0 Å². The van der Waals surface area contributed by atoms with Gasteiger partial charge in [-0.15, -0.1) is 15.0 Å². The summed E-state index contributed by atoms with van der Waals surface area (Å²) >= 11 is 0. The summed E-state index contributed by atoms with van der Waals surface area (Å²) in [6.45, 7) is 0. The van der Waals surface area contributed by atoms with Crippen LogP contribution in [0.5, 0.6) is 5.75 Å². The summed E-state index contributed by atoms with van der Waals surface area (Å²) in [7, 11) is 3.43. The van der Waals surface area contributed by atoms with E-state index in [1.165, 1.54) is 0 Å². The molecule has 0 aliphatic rings. The molecular weight excluding hydrogens is 242 g/mol. The lowest BCUT2D eigenvalue weighted by molar-refractivity contribution is 0.414. The molecule has 0 saturated heterocycles. The number of hydrogen-bond acceptors (Lipinski definition) is 4. The van der Waals surface area contributed by atoms with Crippen LogP contribution in [-0.2, 0) is 7.05 Å². The van der Waals surface area contributed by atoms with E-state index in [4.69, 9.17) is 10.1 Å². The van der Waals surface area contributed by atoms with Gasteiger partial charge in [0.1, 0.15) is 16.8 Å². The predicted molar refractivity (Wildman–Crippen MR) is 70.2 cm³/mol. The molecule has 3 rings (SSSR count). The monoisotopic (exact) mass is 255 g/mol. The number of benzene rings is 1. The Morgan fingerprint density at radius 3 is 2.47 bits per heavy atom. The molecule has 1 N–H and O–H groups in total. The van der Waals surface area contributed by atoms with E-state index in [0.717, 1.165) is 17.0 Å². The van der Waals surface area contributed by atoms with E-state index in [9.17, 15) is 0 Å². The van der Waals surface area contributed by atoms with Crippen molar-refractivity contribution in [2.24, 2.45) is 7.05 Å². The maximum atomic E-state index is 7.74. The molecule has 2 aromatic heterocycles. The van der Waals surface area contributed by atoms with Gasteiger partial charge in [-0.2, -0.15) is 0 Å². The summed E-state index contributed by atoms with van der Waals surface area (Å²) in [5, 5.41) is 16.5. The van der Waals surface area contributed by atoms with Crippen LogP contribution in [0.2, 0.25) is 0 Å². The van der Waals surface area contributed by atoms with Gasteiger partial charge in [0.25, 0.3) is 0 Å². The fourth-order valence-corrected chi connectivity index (χ4v) is 1.87. The lowest BCUT2D eigenvalue weighted by atomic mass is 10.3. The van der Waals surface area contributed by atoms with Gasteiger partial charge < -0.3 is 9.30 Å². The van der Waals surface area contributed by atoms with Crippen molar-refractivity contribution >= 4 is 11.2 Å². The molecule has 0 amide bonds. The second kappa shape index (κ2) is 4.24. The average Bonchev–Trinajstić information content (AvgIpc) is 2.88. The van der Waals surface area contributed by atoms with E-state index in [-0.39, 0.29) is 0 Å². The first-order chi connectivity index (χ1) is 9.19. The Kier molecular flexibility index (Phi) is 2.56. The molecule has 19 heavy (non-hydrogen) atoms. The van der Waals surface area contributed by atoms with Gasteiger partial charge in [0.2, 0.25) is 0 Å². The number of aromatic nitrogens is 4. The van der Waals surface area contributed by atoms with Gasteiger partial charge in [-0.1, -0.05) is 0 Å². The lowest BCUT2D eigenvalue weighted by Gasteiger charge is -2.01. The molecule has 0 radical (unpaired) electrons. The molecule has 0 fully saturated rings. The second-order valence-electron chi connectivity index (χ2n) is 4.17. The number of pyridine rings is 1. The van der Waals surface area contributed by atoms with Crippen molar-refractivity contribution in [2.75, 3.05) is 7.11 Å². The summed E-state index contributed by atoms with van der Waals surface area (Å²) in [5.74, 6) is 0.791. The topological polar surface area (TPSA) is 68.7 Å². The Balaban J connectivity index is 2.14. The Morgan fingerprint density at radius 1 is 1.05 bits per heavy atom. The maximum Gasteiger partial charge on any atom is 0.184 e. The number of fused-ring (bicyclic) bond motifs is 1. The second-order valence-corrected chi connectivity index (χ2v) is 4.17. The van der Waals surface area contributed by atoms with E-state index in [0.29, 0.717) is 11.1 Å². The van der Waals surface area contributed by atoms with Crippen LogP contribution in [0, 0.1) is 5.41 Å². The molecule has 1 aromatic carbocycles. The zero-order chi connectivity index (χ0) is 13.4. The van der Waals surface area contributed by atoms with Gasteiger partial charge in [0.05, 0.1) is 12.8 Å². The molecular formula is C13H13N5O. The number of methoxy groups -OCH3 is 1. The van der Waals surface area contributed by atoms with Crippen LogP contribution in [0.3, 0.4) is 0 Å². The summed E-state index contributed by atoms with van der Waals surface area (Å²) in [5.41, 5.74) is 2.69. The molecule has 0 saturated carbocycles. The van der Waals surface area contributed by atoms with Crippen LogP contribution in [-0.4, -0.2) is 26.7 Å². The van der Waals surface area contributed by atoms with Gasteiger partial charge in [-0.05, 0) is 36.4 Å². The number of aryl methyl sites for hydroxylation is 1. The first kappa shape index (κ1) is 11.5. The van der Waals surface area contributed by atoms with Gasteiger partial charge >= 0.3 is 0 Å². The minimum absolute atomic E-state index is 0.397. The highest BCUT2D eigenvalue weighted by molar-refractivity contribution is 5.69. The first-order valence-electron chi connectivity index (χ1n) is 5.81. The van der Waals surface area contributed by atoms with Crippen LogP contribution in [0.15, 0.2) is 36.4 Å². The van der Waals surface area contributed by atoms with Crippen LogP contribution in [0.25, 0.3) is 16.9 Å². The van der Waals surface area contributed by atoms with Crippen LogP contribution in [0.1, 0.15) is 0 Å². The molecule has 3 aromatic rings. The zero-order valence-corrected chi connectivity index (χ0v) is 10.7. The van der Waals surface area contributed by atoms with Crippen molar-refractivity contribution in [2.45, 2.75) is 0 Å². The fourth-order valence-electron chi connectivity index (χ4n) is 1.87. The highest BCUT2D eigenvalue weighted by Crippen LogP contribution is 2.15. The van der Waals surface area contributed by atoms with Gasteiger partial charge in [0, 0.05) is 7.05 Å². The third-order valence-electron chi connectivity index (χ3n) is 3.00. The number of nitrogens with zero attached hydrogens (tertiary/aromatic N) is 4. The number of hydrogen-bond donors (Lipinski definition) is 1. The minimum Gasteiger partial charge on any atom is -0.497 e. The standard InChI is InChI=1S/C13H13N5O/c1-17-12(14)8-7-11-13(17)16-18(15-11)9-3-5-10(19-2)6-4-9/h3-8,14H,1-2H3. The van der Waals surface area contributed by atoms with Gasteiger partial charge in [-0.25, -0.2) is 0 Å². The third kappa shape index (κ3) is 1.87. The SMILES string of the molecule is COc1ccc(-n2nc3ccc(=N)n(C)c3n2)cc1. The largest absolute Gasteiger partial charge is 0.497 e. The number of nitrogens with one attached hydrogen (secondary N) is 1. The highest BCUT2D eigenvalue weighted by Gasteiger charge is 2.07. The number of rotatable bonds is 2. The molecule has 0 unspecified atom stereocenters. The predicted octanol–water partition coefficient (Wildman–Crippen LogP) is 1.25. The number of ether oxygens (including phenoxy) is 1. The van der Waals surface area contributed by atoms with Crippen molar-refractivity contribution in [1.82, 2.24) is 19.6 Å². The summed E-state index contributed by atoms with van der Waals surface area (Å²) in [6.07, 6.45) is 0. The molecule has 6 nitrogen and oxygen atoms in total. The van der Waals surface area contributed by atoms with Crippen molar-refractivity contribution in [3.8, 4) is 11.4 Å². The zero-order valence-electron chi connectivity index (χ0n) is 10.7.